The largest absolute Gasteiger partial charge is 0.482 e. The second-order valence-electron chi connectivity index (χ2n) is 5.36. The van der Waals surface area contributed by atoms with Gasteiger partial charge in [0.05, 0.1) is 27.7 Å². The summed E-state index contributed by atoms with van der Waals surface area (Å²) in [6.45, 7) is 1.77. The summed E-state index contributed by atoms with van der Waals surface area (Å²) in [5.41, 5.74) is 5.23. The summed E-state index contributed by atoms with van der Waals surface area (Å²) < 4.78 is 5.31. The smallest absolute Gasteiger partial charge is 0.335 e. The molecule has 3 rings (SSSR count). The highest BCUT2D eigenvalue weighted by molar-refractivity contribution is 6.33. The van der Waals surface area contributed by atoms with E-state index in [1.54, 1.807) is 19.1 Å². The molecule has 128 valence electrons. The Morgan fingerprint density at radius 2 is 2.04 bits per heavy atom. The molecule has 0 unspecified atom stereocenters. The van der Waals surface area contributed by atoms with Crippen LogP contribution in [0.15, 0.2) is 41.5 Å². The van der Waals surface area contributed by atoms with Gasteiger partial charge in [-0.2, -0.15) is 5.10 Å². The Bertz CT molecular complexity index is 895. The maximum Gasteiger partial charge on any atom is 0.335 e. The van der Waals surface area contributed by atoms with E-state index >= 15 is 0 Å². The number of nitrogens with zero attached hydrogens (tertiary/aromatic N) is 1. The van der Waals surface area contributed by atoms with Gasteiger partial charge in [0.1, 0.15) is 5.75 Å². The van der Waals surface area contributed by atoms with Crippen molar-refractivity contribution in [3.05, 3.63) is 52.5 Å². The van der Waals surface area contributed by atoms with E-state index in [0.29, 0.717) is 27.9 Å². The van der Waals surface area contributed by atoms with Crippen LogP contribution in [-0.4, -0.2) is 29.3 Å². The number of carboxylic acids is 1. The summed E-state index contributed by atoms with van der Waals surface area (Å²) in [7, 11) is 0. The third kappa shape index (κ3) is 3.72. The van der Waals surface area contributed by atoms with Crippen LogP contribution in [0.25, 0.3) is 0 Å². The molecule has 0 bridgehead atoms. The predicted octanol–water partition coefficient (Wildman–Crippen LogP) is 3.21. The van der Waals surface area contributed by atoms with E-state index in [2.05, 4.69) is 15.8 Å². The molecule has 1 aliphatic heterocycles. The lowest BCUT2D eigenvalue weighted by Gasteiger charge is -2.18. The minimum absolute atomic E-state index is 0.000605. The Balaban J connectivity index is 1.83. The van der Waals surface area contributed by atoms with Crippen molar-refractivity contribution >= 4 is 40.6 Å². The van der Waals surface area contributed by atoms with E-state index in [1.807, 2.05) is 6.07 Å². The molecule has 0 saturated carbocycles. The number of hydrazone groups is 1. The first-order valence-corrected chi connectivity index (χ1v) is 7.72. The Morgan fingerprint density at radius 3 is 2.80 bits per heavy atom. The molecule has 0 aromatic heterocycles. The van der Waals surface area contributed by atoms with E-state index in [4.69, 9.17) is 21.4 Å². The zero-order chi connectivity index (χ0) is 18.0. The van der Waals surface area contributed by atoms with Crippen LogP contribution < -0.4 is 15.5 Å². The van der Waals surface area contributed by atoms with Gasteiger partial charge in [0.15, 0.2) is 6.61 Å². The first kappa shape index (κ1) is 16.8. The molecule has 0 spiro atoms. The van der Waals surface area contributed by atoms with Gasteiger partial charge in [-0.1, -0.05) is 11.6 Å². The fourth-order valence-electron chi connectivity index (χ4n) is 2.26. The average Bonchev–Trinajstić information content (AvgIpc) is 2.59. The van der Waals surface area contributed by atoms with Gasteiger partial charge < -0.3 is 15.2 Å². The molecule has 3 N–H and O–H groups in total. The SMILES string of the molecule is C/C(=N/Nc1cc(C(=O)O)ccc1Cl)c1ccc2c(c1)NC(=O)CO2. The molecule has 25 heavy (non-hydrogen) atoms. The van der Waals surface area contributed by atoms with Crippen LogP contribution in [-0.2, 0) is 4.79 Å². The lowest BCUT2D eigenvalue weighted by molar-refractivity contribution is -0.118. The highest BCUT2D eigenvalue weighted by atomic mass is 35.5. The number of rotatable bonds is 4. The number of carbonyl (C=O) groups is 2. The van der Waals surface area contributed by atoms with Crippen LogP contribution in [0, 0.1) is 0 Å². The second kappa shape index (κ2) is 6.82. The van der Waals surface area contributed by atoms with Crippen LogP contribution >= 0.6 is 11.6 Å². The summed E-state index contributed by atoms with van der Waals surface area (Å²) in [6.07, 6.45) is 0. The number of benzene rings is 2. The van der Waals surface area contributed by atoms with Crippen molar-refractivity contribution in [1.82, 2.24) is 0 Å². The van der Waals surface area contributed by atoms with Crippen LogP contribution in [0.5, 0.6) is 5.75 Å². The molecule has 0 fully saturated rings. The number of aromatic carboxylic acids is 1. The van der Waals surface area contributed by atoms with Gasteiger partial charge in [0.25, 0.3) is 5.91 Å². The zero-order valence-electron chi connectivity index (χ0n) is 13.2. The molecule has 1 amide bonds. The van der Waals surface area contributed by atoms with E-state index in [0.717, 1.165) is 5.56 Å². The lowest BCUT2D eigenvalue weighted by atomic mass is 10.1. The summed E-state index contributed by atoms with van der Waals surface area (Å²) in [4.78, 5) is 22.4. The fourth-order valence-corrected chi connectivity index (χ4v) is 2.42. The summed E-state index contributed by atoms with van der Waals surface area (Å²) >= 11 is 6.05. The number of nitrogens with one attached hydrogen (secondary N) is 2. The molecule has 0 aliphatic carbocycles. The summed E-state index contributed by atoms with van der Waals surface area (Å²) in [5, 5.41) is 16.4. The monoisotopic (exact) mass is 359 g/mol. The molecule has 0 radical (unpaired) electrons. The fraction of sp³-hybridized carbons (Fsp3) is 0.118. The molecular weight excluding hydrogens is 346 g/mol. The number of amides is 1. The van der Waals surface area contributed by atoms with Crippen LogP contribution in [0.4, 0.5) is 11.4 Å². The zero-order valence-corrected chi connectivity index (χ0v) is 13.9. The molecule has 0 saturated heterocycles. The Kier molecular flexibility index (Phi) is 4.58. The van der Waals surface area contributed by atoms with Gasteiger partial charge in [-0.05, 0) is 48.9 Å². The maximum atomic E-state index is 11.4. The number of ether oxygens (including phenoxy) is 1. The minimum atomic E-state index is -1.05. The summed E-state index contributed by atoms with van der Waals surface area (Å²) in [5.74, 6) is -0.665. The Hall–Kier alpha value is -3.06. The second-order valence-corrected chi connectivity index (χ2v) is 5.76. The number of halogens is 1. The molecule has 0 atom stereocenters. The van der Waals surface area contributed by atoms with Gasteiger partial charge in [-0.15, -0.1) is 0 Å². The Labute approximate surface area is 148 Å². The lowest BCUT2D eigenvalue weighted by Crippen LogP contribution is -2.25. The van der Waals surface area contributed by atoms with Crippen LogP contribution in [0.3, 0.4) is 0 Å². The van der Waals surface area contributed by atoms with Crippen molar-refractivity contribution < 1.29 is 19.4 Å². The number of fused-ring (bicyclic) bond motifs is 1. The molecule has 1 aliphatic rings. The first-order valence-electron chi connectivity index (χ1n) is 7.34. The van der Waals surface area contributed by atoms with E-state index < -0.39 is 5.97 Å². The highest BCUT2D eigenvalue weighted by Crippen LogP contribution is 2.29. The van der Waals surface area contributed by atoms with Crippen molar-refractivity contribution in [3.8, 4) is 5.75 Å². The van der Waals surface area contributed by atoms with Gasteiger partial charge >= 0.3 is 5.97 Å². The van der Waals surface area contributed by atoms with Crippen molar-refractivity contribution in [2.45, 2.75) is 6.92 Å². The van der Waals surface area contributed by atoms with Crippen molar-refractivity contribution in [3.63, 3.8) is 0 Å². The van der Waals surface area contributed by atoms with E-state index in [-0.39, 0.29) is 18.1 Å². The number of hydrogen-bond acceptors (Lipinski definition) is 5. The first-order chi connectivity index (χ1) is 11.9. The normalized spacial score (nSPS) is 13.5. The van der Waals surface area contributed by atoms with Crippen LogP contribution in [0.2, 0.25) is 5.02 Å². The van der Waals surface area contributed by atoms with Crippen molar-refractivity contribution in [1.29, 1.82) is 0 Å². The number of anilines is 2. The predicted molar refractivity (Wildman–Crippen MR) is 94.8 cm³/mol. The molecule has 7 nitrogen and oxygen atoms in total. The highest BCUT2D eigenvalue weighted by Gasteiger charge is 2.16. The van der Waals surface area contributed by atoms with Crippen LogP contribution in [0.1, 0.15) is 22.8 Å². The molecular formula is C17H14ClN3O4. The quantitative estimate of drug-likeness (QED) is 0.575. The van der Waals surface area contributed by atoms with Gasteiger partial charge in [-0.25, -0.2) is 4.79 Å². The third-order valence-electron chi connectivity index (χ3n) is 3.59. The van der Waals surface area contributed by atoms with E-state index in [9.17, 15) is 9.59 Å². The van der Waals surface area contributed by atoms with Gasteiger partial charge in [-0.3, -0.25) is 10.2 Å². The van der Waals surface area contributed by atoms with Crippen molar-refractivity contribution in [2.24, 2.45) is 5.10 Å². The van der Waals surface area contributed by atoms with Gasteiger partial charge in [0.2, 0.25) is 0 Å². The Morgan fingerprint density at radius 1 is 1.28 bits per heavy atom. The summed E-state index contributed by atoms with van der Waals surface area (Å²) in [6, 6.07) is 9.63. The van der Waals surface area contributed by atoms with Gasteiger partial charge in [0, 0.05) is 0 Å². The third-order valence-corrected chi connectivity index (χ3v) is 3.92. The van der Waals surface area contributed by atoms with Crippen molar-refractivity contribution in [2.75, 3.05) is 17.3 Å². The molecule has 1 heterocycles. The molecule has 2 aromatic carbocycles. The maximum absolute atomic E-state index is 11.4. The standard InChI is InChI=1S/C17H14ClN3O4/c1-9(10-3-5-15-14(6-10)19-16(22)8-25-15)20-21-13-7-11(17(23)24)2-4-12(13)18/h2-7,21H,8H2,1H3,(H,19,22)(H,23,24)/b20-9-. The number of carbonyl (C=O) groups excluding carboxylic acids is 1. The van der Waals surface area contributed by atoms with E-state index in [1.165, 1.54) is 18.2 Å². The topological polar surface area (TPSA) is 100 Å². The number of carboxylic acid groups (broad SMARTS) is 1. The minimum Gasteiger partial charge on any atom is -0.482 e. The average molecular weight is 360 g/mol. The molecule has 2 aromatic rings. The molecule has 8 heteroatoms. The number of hydrogen-bond donors (Lipinski definition) is 3.